The van der Waals surface area contributed by atoms with Crippen LogP contribution < -0.4 is 10.2 Å². The highest BCUT2D eigenvalue weighted by molar-refractivity contribution is 9.10. The summed E-state index contributed by atoms with van der Waals surface area (Å²) in [5.41, 5.74) is 2.10. The quantitative estimate of drug-likeness (QED) is 0.913. The Balaban J connectivity index is 2.00. The number of anilines is 1. The van der Waals surface area contributed by atoms with Crippen LogP contribution in [0, 0.1) is 5.82 Å². The van der Waals surface area contributed by atoms with Crippen molar-refractivity contribution >= 4 is 27.5 Å². The van der Waals surface area contributed by atoms with Crippen LogP contribution >= 0.6 is 15.9 Å². The summed E-state index contributed by atoms with van der Waals surface area (Å²) >= 11 is 3.16. The molecule has 2 aromatic rings. The van der Waals surface area contributed by atoms with Gasteiger partial charge >= 0.3 is 0 Å². The number of hydrogen-bond donors (Lipinski definition) is 1. The van der Waals surface area contributed by atoms with Gasteiger partial charge in [-0.3, -0.25) is 4.79 Å². The Labute approximate surface area is 131 Å². The predicted molar refractivity (Wildman–Crippen MR) is 86.0 cm³/mol. The van der Waals surface area contributed by atoms with E-state index >= 15 is 0 Å². The normalized spacial score (nSPS) is 10.3. The van der Waals surface area contributed by atoms with Gasteiger partial charge in [-0.1, -0.05) is 28.1 Å². The maximum Gasteiger partial charge on any atom is 0.254 e. The molecule has 0 radical (unpaired) electrons. The van der Waals surface area contributed by atoms with Gasteiger partial charge < -0.3 is 10.2 Å². The SMILES string of the molecule is CN(C)c1ccc(CNC(=O)c2ccc(Br)cc2F)cc1. The molecule has 5 heteroatoms. The van der Waals surface area contributed by atoms with Crippen LogP contribution in [0.4, 0.5) is 10.1 Å². The van der Waals surface area contributed by atoms with Crippen LogP contribution in [0.15, 0.2) is 46.9 Å². The first-order chi connectivity index (χ1) is 9.97. The Morgan fingerprint density at radius 1 is 1.19 bits per heavy atom. The summed E-state index contributed by atoms with van der Waals surface area (Å²) < 4.78 is 14.3. The molecule has 0 aliphatic rings. The van der Waals surface area contributed by atoms with Gasteiger partial charge in [-0.25, -0.2) is 4.39 Å². The number of rotatable bonds is 4. The zero-order chi connectivity index (χ0) is 15.4. The van der Waals surface area contributed by atoms with Crippen molar-refractivity contribution < 1.29 is 9.18 Å². The first-order valence-electron chi connectivity index (χ1n) is 6.47. The maximum absolute atomic E-state index is 13.7. The summed E-state index contributed by atoms with van der Waals surface area (Å²) in [6.45, 7) is 0.363. The number of carbonyl (C=O) groups is 1. The molecule has 0 spiro atoms. The molecule has 0 heterocycles. The number of nitrogens with zero attached hydrogens (tertiary/aromatic N) is 1. The summed E-state index contributed by atoms with van der Waals surface area (Å²) in [7, 11) is 3.93. The van der Waals surface area contributed by atoms with Crippen LogP contribution in [-0.2, 0) is 6.54 Å². The second-order valence-electron chi connectivity index (χ2n) is 4.87. The lowest BCUT2D eigenvalue weighted by molar-refractivity contribution is 0.0947. The molecule has 0 saturated heterocycles. The fourth-order valence-electron chi connectivity index (χ4n) is 1.86. The molecule has 0 aliphatic heterocycles. The second kappa shape index (κ2) is 6.72. The molecule has 0 bridgehead atoms. The van der Waals surface area contributed by atoms with Crippen molar-refractivity contribution in [1.82, 2.24) is 5.32 Å². The zero-order valence-corrected chi connectivity index (χ0v) is 13.4. The minimum absolute atomic E-state index is 0.0445. The van der Waals surface area contributed by atoms with Gasteiger partial charge in [0, 0.05) is 30.8 Å². The summed E-state index contributed by atoms with van der Waals surface area (Å²) in [5.74, 6) is -0.957. The molecule has 0 unspecified atom stereocenters. The molecule has 2 rings (SSSR count). The van der Waals surface area contributed by atoms with Crippen LogP contribution in [0.25, 0.3) is 0 Å². The van der Waals surface area contributed by atoms with E-state index in [9.17, 15) is 9.18 Å². The third-order valence-electron chi connectivity index (χ3n) is 3.08. The van der Waals surface area contributed by atoms with Crippen molar-refractivity contribution in [2.24, 2.45) is 0 Å². The number of halogens is 2. The molecule has 3 nitrogen and oxygen atoms in total. The molecule has 1 amide bonds. The molecule has 0 aliphatic carbocycles. The first-order valence-corrected chi connectivity index (χ1v) is 7.26. The highest BCUT2D eigenvalue weighted by Crippen LogP contribution is 2.16. The van der Waals surface area contributed by atoms with E-state index in [1.54, 1.807) is 6.07 Å². The summed E-state index contributed by atoms with van der Waals surface area (Å²) in [5, 5.41) is 2.72. The van der Waals surface area contributed by atoms with E-state index in [1.807, 2.05) is 43.3 Å². The zero-order valence-electron chi connectivity index (χ0n) is 11.9. The van der Waals surface area contributed by atoms with E-state index < -0.39 is 11.7 Å². The molecular weight excluding hydrogens is 335 g/mol. The average molecular weight is 351 g/mol. The third-order valence-corrected chi connectivity index (χ3v) is 3.57. The molecule has 1 N–H and O–H groups in total. The van der Waals surface area contributed by atoms with Crippen LogP contribution in [-0.4, -0.2) is 20.0 Å². The van der Waals surface area contributed by atoms with E-state index in [2.05, 4.69) is 21.2 Å². The van der Waals surface area contributed by atoms with E-state index in [4.69, 9.17) is 0 Å². The number of hydrogen-bond acceptors (Lipinski definition) is 2. The smallest absolute Gasteiger partial charge is 0.254 e. The Morgan fingerprint density at radius 2 is 1.86 bits per heavy atom. The number of carbonyl (C=O) groups excluding carboxylic acids is 1. The van der Waals surface area contributed by atoms with Gasteiger partial charge in [-0.05, 0) is 35.9 Å². The molecule has 2 aromatic carbocycles. The first kappa shape index (κ1) is 15.5. The topological polar surface area (TPSA) is 32.3 Å². The van der Waals surface area contributed by atoms with Crippen molar-refractivity contribution in [3.63, 3.8) is 0 Å². The molecule has 0 atom stereocenters. The molecule has 0 saturated carbocycles. The Hall–Kier alpha value is -1.88. The lowest BCUT2D eigenvalue weighted by Gasteiger charge is -2.13. The van der Waals surface area contributed by atoms with Crippen molar-refractivity contribution in [2.45, 2.75) is 6.54 Å². The number of amides is 1. The van der Waals surface area contributed by atoms with Crippen LogP contribution in [0.1, 0.15) is 15.9 Å². The molecule has 0 fully saturated rings. The average Bonchev–Trinajstić information content (AvgIpc) is 2.45. The monoisotopic (exact) mass is 350 g/mol. The number of benzene rings is 2. The van der Waals surface area contributed by atoms with Gasteiger partial charge in [0.1, 0.15) is 5.82 Å². The van der Waals surface area contributed by atoms with Crippen LogP contribution in [0.2, 0.25) is 0 Å². The Morgan fingerprint density at radius 3 is 2.43 bits per heavy atom. The maximum atomic E-state index is 13.7. The largest absolute Gasteiger partial charge is 0.378 e. The van der Waals surface area contributed by atoms with Crippen LogP contribution in [0.5, 0.6) is 0 Å². The lowest BCUT2D eigenvalue weighted by atomic mass is 10.1. The number of nitrogens with one attached hydrogen (secondary N) is 1. The summed E-state index contributed by atoms with van der Waals surface area (Å²) in [4.78, 5) is 14.0. The molecular formula is C16H16BrFN2O. The Kier molecular flexibility index (Phi) is 4.96. The van der Waals surface area contributed by atoms with E-state index in [-0.39, 0.29) is 5.56 Å². The fraction of sp³-hybridized carbons (Fsp3) is 0.188. The van der Waals surface area contributed by atoms with Crippen LogP contribution in [0.3, 0.4) is 0 Å². The predicted octanol–water partition coefficient (Wildman–Crippen LogP) is 3.58. The van der Waals surface area contributed by atoms with Gasteiger partial charge in [-0.15, -0.1) is 0 Å². The summed E-state index contributed by atoms with van der Waals surface area (Å²) in [6.07, 6.45) is 0. The van der Waals surface area contributed by atoms with E-state index in [1.165, 1.54) is 12.1 Å². The highest BCUT2D eigenvalue weighted by atomic mass is 79.9. The minimum Gasteiger partial charge on any atom is -0.378 e. The van der Waals surface area contributed by atoms with E-state index in [0.29, 0.717) is 11.0 Å². The fourth-order valence-corrected chi connectivity index (χ4v) is 2.20. The molecule has 110 valence electrons. The van der Waals surface area contributed by atoms with Crippen molar-refractivity contribution in [2.75, 3.05) is 19.0 Å². The van der Waals surface area contributed by atoms with Gasteiger partial charge in [0.15, 0.2) is 0 Å². The minimum atomic E-state index is -0.537. The second-order valence-corrected chi connectivity index (χ2v) is 5.78. The van der Waals surface area contributed by atoms with Gasteiger partial charge in [-0.2, -0.15) is 0 Å². The molecule has 21 heavy (non-hydrogen) atoms. The van der Waals surface area contributed by atoms with E-state index in [0.717, 1.165) is 11.3 Å². The lowest BCUT2D eigenvalue weighted by Crippen LogP contribution is -2.23. The van der Waals surface area contributed by atoms with Gasteiger partial charge in [0.05, 0.1) is 5.56 Å². The van der Waals surface area contributed by atoms with Gasteiger partial charge in [0.25, 0.3) is 5.91 Å². The Bertz CT molecular complexity index is 641. The standard InChI is InChI=1S/C16H16BrFN2O/c1-20(2)13-6-3-11(4-7-13)10-19-16(21)14-8-5-12(17)9-15(14)18/h3-9H,10H2,1-2H3,(H,19,21). The van der Waals surface area contributed by atoms with Crippen molar-refractivity contribution in [3.05, 3.63) is 63.9 Å². The van der Waals surface area contributed by atoms with Crippen molar-refractivity contribution in [1.29, 1.82) is 0 Å². The molecule has 0 aromatic heterocycles. The summed E-state index contributed by atoms with van der Waals surface area (Å²) in [6, 6.07) is 12.2. The van der Waals surface area contributed by atoms with Crippen molar-refractivity contribution in [3.8, 4) is 0 Å². The third kappa shape index (κ3) is 4.04. The van der Waals surface area contributed by atoms with Gasteiger partial charge in [0.2, 0.25) is 0 Å². The highest BCUT2D eigenvalue weighted by Gasteiger charge is 2.11.